The summed E-state index contributed by atoms with van der Waals surface area (Å²) >= 11 is 1.77. The number of halogens is 1. The summed E-state index contributed by atoms with van der Waals surface area (Å²) < 4.78 is 7.41. The number of aromatic nitrogens is 3. The Morgan fingerprint density at radius 2 is 2.33 bits per heavy atom. The molecule has 104 valence electrons. The predicted octanol–water partition coefficient (Wildman–Crippen LogP) is 1.26. The maximum Gasteiger partial charge on any atom is 0.190 e. The van der Waals surface area contributed by atoms with Gasteiger partial charge < -0.3 is 15.0 Å². The number of hydrogen-bond acceptors (Lipinski definition) is 5. The fourth-order valence-corrected chi connectivity index (χ4v) is 2.98. The summed E-state index contributed by atoms with van der Waals surface area (Å²) in [6, 6.07) is 0. The minimum Gasteiger partial charge on any atom is -0.381 e. The van der Waals surface area contributed by atoms with Gasteiger partial charge >= 0.3 is 0 Å². The molecule has 0 aromatic carbocycles. The molecule has 0 bridgehead atoms. The second-order valence-corrected chi connectivity index (χ2v) is 5.43. The highest BCUT2D eigenvalue weighted by Crippen LogP contribution is 2.22. The van der Waals surface area contributed by atoms with Crippen LogP contribution in [0.3, 0.4) is 0 Å². The molecule has 1 atom stereocenters. The van der Waals surface area contributed by atoms with Crippen LogP contribution in [0, 0.1) is 5.92 Å². The highest BCUT2D eigenvalue weighted by molar-refractivity contribution is 7.99. The van der Waals surface area contributed by atoms with Gasteiger partial charge in [0.25, 0.3) is 0 Å². The summed E-state index contributed by atoms with van der Waals surface area (Å²) in [7, 11) is 2.01. The van der Waals surface area contributed by atoms with E-state index in [-0.39, 0.29) is 12.4 Å². The molecule has 1 aliphatic heterocycles. The highest BCUT2D eigenvalue weighted by atomic mass is 35.5. The van der Waals surface area contributed by atoms with Gasteiger partial charge in [0, 0.05) is 32.4 Å². The van der Waals surface area contributed by atoms with E-state index in [1.807, 2.05) is 11.6 Å². The minimum absolute atomic E-state index is 0. The molecule has 1 aromatic heterocycles. The Balaban J connectivity index is 0.00000162. The molecule has 7 heteroatoms. The second kappa shape index (κ2) is 7.99. The van der Waals surface area contributed by atoms with Crippen molar-refractivity contribution >= 4 is 24.2 Å². The van der Waals surface area contributed by atoms with Crippen molar-refractivity contribution < 1.29 is 4.74 Å². The van der Waals surface area contributed by atoms with Crippen LogP contribution < -0.4 is 5.73 Å². The molecule has 1 unspecified atom stereocenters. The molecule has 1 aromatic rings. The monoisotopic (exact) mass is 292 g/mol. The first-order valence-electron chi connectivity index (χ1n) is 6.10. The minimum atomic E-state index is 0. The van der Waals surface area contributed by atoms with Crippen LogP contribution in [-0.4, -0.2) is 40.3 Å². The lowest BCUT2D eigenvalue weighted by Crippen LogP contribution is -2.08. The Morgan fingerprint density at radius 3 is 3.00 bits per heavy atom. The van der Waals surface area contributed by atoms with Crippen LogP contribution in [0.25, 0.3) is 0 Å². The van der Waals surface area contributed by atoms with Gasteiger partial charge in [0.05, 0.1) is 0 Å². The maximum atomic E-state index is 5.52. The molecule has 0 radical (unpaired) electrons. The normalized spacial score (nSPS) is 18.9. The van der Waals surface area contributed by atoms with Crippen molar-refractivity contribution in [1.82, 2.24) is 14.8 Å². The Morgan fingerprint density at radius 1 is 1.50 bits per heavy atom. The van der Waals surface area contributed by atoms with Crippen molar-refractivity contribution in [3.05, 3.63) is 5.82 Å². The third kappa shape index (κ3) is 4.12. The molecule has 0 amide bonds. The van der Waals surface area contributed by atoms with Gasteiger partial charge in [-0.15, -0.1) is 22.6 Å². The van der Waals surface area contributed by atoms with E-state index >= 15 is 0 Å². The van der Waals surface area contributed by atoms with Crippen LogP contribution in [0.5, 0.6) is 0 Å². The maximum absolute atomic E-state index is 5.52. The Kier molecular flexibility index (Phi) is 6.99. The molecule has 1 saturated heterocycles. The average molecular weight is 293 g/mol. The molecule has 0 spiro atoms. The summed E-state index contributed by atoms with van der Waals surface area (Å²) in [5.74, 6) is 2.79. The van der Waals surface area contributed by atoms with Crippen molar-refractivity contribution in [1.29, 1.82) is 0 Å². The molecule has 2 N–H and O–H groups in total. The summed E-state index contributed by atoms with van der Waals surface area (Å²) in [5, 5.41) is 9.32. The van der Waals surface area contributed by atoms with E-state index in [4.69, 9.17) is 10.5 Å². The molecule has 18 heavy (non-hydrogen) atoms. The summed E-state index contributed by atoms with van der Waals surface area (Å²) in [6.07, 6.45) is 3.20. The van der Waals surface area contributed by atoms with Gasteiger partial charge in [-0.25, -0.2) is 0 Å². The highest BCUT2D eigenvalue weighted by Gasteiger charge is 2.16. The molecule has 1 fully saturated rings. The lowest BCUT2D eigenvalue weighted by Gasteiger charge is -2.06. The van der Waals surface area contributed by atoms with Crippen LogP contribution in [0.15, 0.2) is 5.16 Å². The van der Waals surface area contributed by atoms with E-state index < -0.39 is 0 Å². The van der Waals surface area contributed by atoms with E-state index in [1.165, 1.54) is 12.8 Å². The van der Waals surface area contributed by atoms with Crippen LogP contribution >= 0.6 is 24.2 Å². The van der Waals surface area contributed by atoms with Crippen LogP contribution in [0.1, 0.15) is 18.7 Å². The molecule has 5 nitrogen and oxygen atoms in total. The molecule has 0 aliphatic carbocycles. The van der Waals surface area contributed by atoms with Gasteiger partial charge in [0.2, 0.25) is 0 Å². The fraction of sp³-hybridized carbons (Fsp3) is 0.818. The summed E-state index contributed by atoms with van der Waals surface area (Å²) in [6.45, 7) is 2.48. The van der Waals surface area contributed by atoms with Crippen LogP contribution in [-0.2, 0) is 18.2 Å². The summed E-state index contributed by atoms with van der Waals surface area (Å²) in [4.78, 5) is 0. The number of ether oxygens (including phenoxy) is 1. The van der Waals surface area contributed by atoms with Crippen molar-refractivity contribution in [3.8, 4) is 0 Å². The van der Waals surface area contributed by atoms with Crippen LogP contribution in [0.4, 0.5) is 0 Å². The first kappa shape index (κ1) is 15.8. The van der Waals surface area contributed by atoms with Gasteiger partial charge in [-0.05, 0) is 25.3 Å². The van der Waals surface area contributed by atoms with Crippen molar-refractivity contribution in [2.45, 2.75) is 24.4 Å². The number of thioether (sulfide) groups is 1. The van der Waals surface area contributed by atoms with E-state index in [1.54, 1.807) is 11.8 Å². The fourth-order valence-electron chi connectivity index (χ4n) is 1.95. The third-order valence-corrected chi connectivity index (χ3v) is 4.13. The lowest BCUT2D eigenvalue weighted by molar-refractivity contribution is 0.185. The van der Waals surface area contributed by atoms with E-state index in [0.29, 0.717) is 6.54 Å². The molecule has 2 heterocycles. The summed E-state index contributed by atoms with van der Waals surface area (Å²) in [5.41, 5.74) is 5.52. The van der Waals surface area contributed by atoms with Gasteiger partial charge in [-0.1, -0.05) is 11.8 Å². The second-order valence-electron chi connectivity index (χ2n) is 4.36. The zero-order valence-electron chi connectivity index (χ0n) is 10.7. The van der Waals surface area contributed by atoms with Crippen molar-refractivity contribution in [2.24, 2.45) is 18.7 Å². The van der Waals surface area contributed by atoms with Gasteiger partial charge in [0.1, 0.15) is 5.82 Å². The third-order valence-electron chi connectivity index (χ3n) is 3.07. The van der Waals surface area contributed by atoms with E-state index in [2.05, 4.69) is 10.2 Å². The topological polar surface area (TPSA) is 66.0 Å². The molecular formula is C11H21ClN4OS. The van der Waals surface area contributed by atoms with E-state index in [9.17, 15) is 0 Å². The smallest absolute Gasteiger partial charge is 0.190 e. The Bertz CT molecular complexity index is 355. The largest absolute Gasteiger partial charge is 0.381 e. The lowest BCUT2D eigenvalue weighted by atomic mass is 10.1. The number of rotatable bonds is 6. The zero-order chi connectivity index (χ0) is 12.1. The average Bonchev–Trinajstić information content (AvgIpc) is 2.94. The predicted molar refractivity (Wildman–Crippen MR) is 75.3 cm³/mol. The SMILES string of the molecule is Cl.Cn1c(CCN)nnc1SCCC1CCOC1. The Labute approximate surface area is 118 Å². The standard InChI is InChI=1S/C11H20N4OS.ClH/c1-15-10(2-5-12)13-14-11(15)17-7-4-9-3-6-16-8-9;/h9H,2-8,12H2,1H3;1H. The quantitative estimate of drug-likeness (QED) is 0.800. The molecule has 1 aliphatic rings. The Hall–Kier alpha value is -0.300. The molecule has 2 rings (SSSR count). The zero-order valence-corrected chi connectivity index (χ0v) is 12.3. The van der Waals surface area contributed by atoms with Gasteiger partial charge in [0.15, 0.2) is 5.16 Å². The number of nitrogens with zero attached hydrogens (tertiary/aromatic N) is 3. The van der Waals surface area contributed by atoms with E-state index in [0.717, 1.165) is 42.3 Å². The van der Waals surface area contributed by atoms with Crippen molar-refractivity contribution in [3.63, 3.8) is 0 Å². The molecular weight excluding hydrogens is 272 g/mol. The first-order chi connectivity index (χ1) is 8.31. The van der Waals surface area contributed by atoms with Gasteiger partial charge in [-0.3, -0.25) is 0 Å². The first-order valence-corrected chi connectivity index (χ1v) is 7.08. The van der Waals surface area contributed by atoms with Crippen molar-refractivity contribution in [2.75, 3.05) is 25.5 Å². The van der Waals surface area contributed by atoms with Gasteiger partial charge in [-0.2, -0.15) is 0 Å². The van der Waals surface area contributed by atoms with Crippen LogP contribution in [0.2, 0.25) is 0 Å². The number of hydrogen-bond donors (Lipinski definition) is 1. The molecule has 0 saturated carbocycles. The number of nitrogens with two attached hydrogens (primary N) is 1.